The second-order valence-electron chi connectivity index (χ2n) is 4.88. The smallest absolute Gasteiger partial charge is 0.255 e. The van der Waals surface area contributed by atoms with Crippen LogP contribution in [0.4, 0.5) is 0 Å². The first-order valence-corrected chi connectivity index (χ1v) is 6.99. The molecule has 2 aromatic rings. The topological polar surface area (TPSA) is 88.2 Å². The van der Waals surface area contributed by atoms with E-state index in [0.717, 1.165) is 3.57 Å². The van der Waals surface area contributed by atoms with E-state index < -0.39 is 11.4 Å². The van der Waals surface area contributed by atoms with Crippen LogP contribution >= 0.6 is 22.6 Å². The minimum Gasteiger partial charge on any atom is -0.507 e. The maximum Gasteiger partial charge on any atom is 0.255 e. The second-order valence-corrected chi connectivity index (χ2v) is 6.12. The molecule has 0 aliphatic carbocycles. The third kappa shape index (κ3) is 3.09. The molecule has 7 heteroatoms. The van der Waals surface area contributed by atoms with E-state index in [1.807, 2.05) is 0 Å². The Morgan fingerprint density at radius 2 is 2.15 bits per heavy atom. The number of aromatic hydroxyl groups is 1. The zero-order valence-electron chi connectivity index (χ0n) is 11.3. The summed E-state index contributed by atoms with van der Waals surface area (Å²) in [6, 6.07) is 4.82. The van der Waals surface area contributed by atoms with Gasteiger partial charge in [-0.15, -0.1) is 0 Å². The molecule has 0 fully saturated rings. The van der Waals surface area contributed by atoms with E-state index in [4.69, 9.17) is 4.52 Å². The molecule has 0 saturated heterocycles. The second kappa shape index (κ2) is 5.39. The molecule has 0 radical (unpaired) electrons. The van der Waals surface area contributed by atoms with Gasteiger partial charge in [-0.3, -0.25) is 4.79 Å². The average molecular weight is 387 g/mol. The van der Waals surface area contributed by atoms with Gasteiger partial charge in [-0.25, -0.2) is 0 Å². The fourth-order valence-corrected chi connectivity index (χ4v) is 2.14. The molecule has 1 amide bonds. The number of halogens is 1. The highest BCUT2D eigenvalue weighted by Gasteiger charge is 2.29. The van der Waals surface area contributed by atoms with Gasteiger partial charge in [-0.1, -0.05) is 5.16 Å². The number of rotatable bonds is 3. The van der Waals surface area contributed by atoms with Crippen LogP contribution in [-0.4, -0.2) is 21.2 Å². The first kappa shape index (κ1) is 14.8. The number of phenolic OH excluding ortho intramolecular Hbond substituents is 1. The molecule has 0 aliphatic heterocycles. The van der Waals surface area contributed by atoms with E-state index in [-0.39, 0.29) is 11.3 Å². The lowest BCUT2D eigenvalue weighted by Crippen LogP contribution is -2.41. The van der Waals surface area contributed by atoms with Crippen LogP contribution in [0.1, 0.15) is 35.9 Å². The van der Waals surface area contributed by atoms with E-state index >= 15 is 0 Å². The van der Waals surface area contributed by atoms with Crippen LogP contribution in [-0.2, 0) is 5.54 Å². The van der Waals surface area contributed by atoms with Crippen molar-refractivity contribution in [1.82, 2.24) is 15.5 Å². The highest BCUT2D eigenvalue weighted by atomic mass is 127. The highest BCUT2D eigenvalue weighted by Crippen LogP contribution is 2.22. The lowest BCUT2D eigenvalue weighted by molar-refractivity contribution is 0.0904. The minimum atomic E-state index is -0.803. The molecule has 0 unspecified atom stereocenters. The highest BCUT2D eigenvalue weighted by molar-refractivity contribution is 14.1. The molecule has 6 nitrogen and oxygen atoms in total. The minimum absolute atomic E-state index is 0.0667. The SMILES string of the molecule is Cc1nc(C(C)(C)NC(=O)c2cc(I)ccc2O)no1. The molecule has 0 atom stereocenters. The molecule has 2 N–H and O–H groups in total. The van der Waals surface area contributed by atoms with Gasteiger partial charge in [-0.05, 0) is 54.6 Å². The van der Waals surface area contributed by atoms with Crippen LogP contribution in [0.2, 0.25) is 0 Å². The quantitative estimate of drug-likeness (QED) is 0.790. The fourth-order valence-electron chi connectivity index (χ4n) is 1.65. The van der Waals surface area contributed by atoms with Gasteiger partial charge in [0.15, 0.2) is 5.82 Å². The Kier molecular flexibility index (Phi) is 3.98. The predicted molar refractivity (Wildman–Crippen MR) is 80.4 cm³/mol. The van der Waals surface area contributed by atoms with E-state index in [1.165, 1.54) is 6.07 Å². The number of carbonyl (C=O) groups is 1. The monoisotopic (exact) mass is 387 g/mol. The zero-order valence-corrected chi connectivity index (χ0v) is 13.4. The lowest BCUT2D eigenvalue weighted by Gasteiger charge is -2.22. The number of hydrogen-bond donors (Lipinski definition) is 2. The van der Waals surface area contributed by atoms with Crippen molar-refractivity contribution in [1.29, 1.82) is 0 Å². The summed E-state index contributed by atoms with van der Waals surface area (Å²) in [7, 11) is 0. The van der Waals surface area contributed by atoms with E-state index in [9.17, 15) is 9.90 Å². The van der Waals surface area contributed by atoms with E-state index in [0.29, 0.717) is 11.7 Å². The van der Waals surface area contributed by atoms with E-state index in [2.05, 4.69) is 38.0 Å². The Morgan fingerprint density at radius 1 is 1.45 bits per heavy atom. The van der Waals surface area contributed by atoms with Crippen molar-refractivity contribution in [3.63, 3.8) is 0 Å². The van der Waals surface area contributed by atoms with Gasteiger partial charge >= 0.3 is 0 Å². The molecule has 1 aromatic heterocycles. The van der Waals surface area contributed by atoms with Gasteiger partial charge < -0.3 is 14.9 Å². The van der Waals surface area contributed by atoms with Gasteiger partial charge in [0.2, 0.25) is 5.89 Å². The Labute approximate surface area is 129 Å². The number of aromatic nitrogens is 2. The van der Waals surface area contributed by atoms with Crippen molar-refractivity contribution in [2.75, 3.05) is 0 Å². The van der Waals surface area contributed by atoms with E-state index in [1.54, 1.807) is 32.9 Å². The molecule has 1 heterocycles. The van der Waals surface area contributed by atoms with Crippen molar-refractivity contribution in [3.05, 3.63) is 39.0 Å². The van der Waals surface area contributed by atoms with Gasteiger partial charge in [0.25, 0.3) is 5.91 Å². The standard InChI is InChI=1S/C13H14IN3O3/c1-7-15-12(17-20-7)13(2,3)16-11(19)9-6-8(14)4-5-10(9)18/h4-6,18H,1-3H3,(H,16,19). The Morgan fingerprint density at radius 3 is 2.75 bits per heavy atom. The maximum absolute atomic E-state index is 12.3. The molecule has 20 heavy (non-hydrogen) atoms. The maximum atomic E-state index is 12.3. The molecular formula is C13H14IN3O3. The first-order valence-electron chi connectivity index (χ1n) is 5.91. The summed E-state index contributed by atoms with van der Waals surface area (Å²) in [5.74, 6) is 0.351. The summed E-state index contributed by atoms with van der Waals surface area (Å²) in [4.78, 5) is 16.4. The van der Waals surface area contributed by atoms with Crippen molar-refractivity contribution in [3.8, 4) is 5.75 Å². The Balaban J connectivity index is 2.24. The zero-order chi connectivity index (χ0) is 14.9. The number of phenols is 1. The van der Waals surface area contributed by atoms with Crippen LogP contribution in [0.25, 0.3) is 0 Å². The van der Waals surface area contributed by atoms with Gasteiger partial charge in [0.05, 0.1) is 11.1 Å². The summed E-state index contributed by atoms with van der Waals surface area (Å²) >= 11 is 2.08. The van der Waals surface area contributed by atoms with Crippen molar-refractivity contribution in [2.24, 2.45) is 0 Å². The number of benzene rings is 1. The number of nitrogens with one attached hydrogen (secondary N) is 1. The van der Waals surface area contributed by atoms with Crippen LogP contribution < -0.4 is 5.32 Å². The van der Waals surface area contributed by atoms with Crippen LogP contribution in [0.3, 0.4) is 0 Å². The van der Waals surface area contributed by atoms with Gasteiger partial charge in [0, 0.05) is 10.5 Å². The number of hydrogen-bond acceptors (Lipinski definition) is 5. The third-order valence-electron chi connectivity index (χ3n) is 2.72. The summed E-state index contributed by atoms with van der Waals surface area (Å²) in [5.41, 5.74) is -0.590. The van der Waals surface area contributed by atoms with Crippen molar-refractivity contribution < 1.29 is 14.4 Å². The molecule has 2 rings (SSSR count). The molecule has 1 aromatic carbocycles. The van der Waals surface area contributed by atoms with Crippen LogP contribution in [0.5, 0.6) is 5.75 Å². The third-order valence-corrected chi connectivity index (χ3v) is 3.39. The summed E-state index contributed by atoms with van der Waals surface area (Å²) in [6.45, 7) is 5.21. The molecule has 0 bridgehead atoms. The Bertz CT molecular complexity index is 652. The number of aryl methyl sites for hydroxylation is 1. The normalized spacial score (nSPS) is 11.4. The number of carbonyl (C=O) groups excluding carboxylic acids is 1. The van der Waals surface area contributed by atoms with Gasteiger partial charge in [0.1, 0.15) is 5.75 Å². The van der Waals surface area contributed by atoms with Crippen molar-refractivity contribution in [2.45, 2.75) is 26.3 Å². The Hall–Kier alpha value is -1.64. The molecular weight excluding hydrogens is 373 g/mol. The van der Waals surface area contributed by atoms with Crippen LogP contribution in [0, 0.1) is 10.5 Å². The molecule has 106 valence electrons. The molecule has 0 saturated carbocycles. The molecule has 0 spiro atoms. The summed E-state index contributed by atoms with van der Waals surface area (Å²) in [5, 5.41) is 16.4. The lowest BCUT2D eigenvalue weighted by atomic mass is 10.0. The number of nitrogens with zero attached hydrogens (tertiary/aromatic N) is 2. The number of amides is 1. The summed E-state index contributed by atoms with van der Waals surface area (Å²) < 4.78 is 5.78. The summed E-state index contributed by atoms with van der Waals surface area (Å²) in [6.07, 6.45) is 0. The average Bonchev–Trinajstić information content (AvgIpc) is 2.79. The molecule has 0 aliphatic rings. The van der Waals surface area contributed by atoms with Crippen molar-refractivity contribution >= 4 is 28.5 Å². The largest absolute Gasteiger partial charge is 0.507 e. The van der Waals surface area contributed by atoms with Gasteiger partial charge in [-0.2, -0.15) is 4.98 Å². The predicted octanol–water partition coefficient (Wildman–Crippen LogP) is 2.35. The van der Waals surface area contributed by atoms with Crippen LogP contribution in [0.15, 0.2) is 22.7 Å². The first-order chi connectivity index (χ1) is 9.29. The fraction of sp³-hybridized carbons (Fsp3) is 0.308.